The molecule has 3 aromatic rings. The van der Waals surface area contributed by atoms with Crippen LogP contribution in [0.2, 0.25) is 10.0 Å². The second-order valence-electron chi connectivity index (χ2n) is 10.1. The lowest BCUT2D eigenvalue weighted by molar-refractivity contribution is -0.140. The van der Waals surface area contributed by atoms with Crippen molar-refractivity contribution in [3.63, 3.8) is 0 Å². The van der Waals surface area contributed by atoms with E-state index in [9.17, 15) is 18.0 Å². The molecule has 10 heteroatoms. The van der Waals surface area contributed by atoms with Gasteiger partial charge in [0.25, 0.3) is 0 Å². The van der Waals surface area contributed by atoms with Gasteiger partial charge < -0.3 is 10.2 Å². The first kappa shape index (κ1) is 29.9. The summed E-state index contributed by atoms with van der Waals surface area (Å²) in [5.41, 5.74) is 1.80. The average molecular weight is 603 g/mol. The molecule has 1 fully saturated rings. The molecule has 1 atom stereocenters. The molecule has 4 rings (SSSR count). The minimum atomic E-state index is -3.94. The molecule has 1 saturated carbocycles. The predicted octanol–water partition coefficient (Wildman–Crippen LogP) is 5.46. The number of rotatable bonds is 11. The van der Waals surface area contributed by atoms with E-state index >= 15 is 0 Å². The Morgan fingerprint density at radius 3 is 2.12 bits per heavy atom. The van der Waals surface area contributed by atoms with Gasteiger partial charge in [0.2, 0.25) is 21.8 Å². The zero-order valence-electron chi connectivity index (χ0n) is 22.3. The van der Waals surface area contributed by atoms with Crippen molar-refractivity contribution < 1.29 is 18.0 Å². The molecule has 1 aliphatic carbocycles. The van der Waals surface area contributed by atoms with E-state index < -0.39 is 28.5 Å². The number of anilines is 1. The molecule has 0 radical (unpaired) electrons. The van der Waals surface area contributed by atoms with Gasteiger partial charge >= 0.3 is 0 Å². The average Bonchev–Trinajstić information content (AvgIpc) is 3.44. The van der Waals surface area contributed by atoms with Gasteiger partial charge in [-0.3, -0.25) is 13.9 Å². The van der Waals surface area contributed by atoms with Crippen molar-refractivity contribution >= 4 is 50.7 Å². The third-order valence-electron chi connectivity index (χ3n) is 7.02. The van der Waals surface area contributed by atoms with E-state index in [-0.39, 0.29) is 40.6 Å². The van der Waals surface area contributed by atoms with Crippen LogP contribution in [0, 0.1) is 0 Å². The van der Waals surface area contributed by atoms with E-state index in [2.05, 4.69) is 5.32 Å². The molecule has 1 aliphatic rings. The summed E-state index contributed by atoms with van der Waals surface area (Å²) in [6.45, 7) is -0.427. The van der Waals surface area contributed by atoms with E-state index in [1.165, 1.54) is 17.0 Å². The first-order valence-corrected chi connectivity index (χ1v) is 15.8. The molecule has 0 spiro atoms. The second-order valence-corrected chi connectivity index (χ2v) is 12.8. The van der Waals surface area contributed by atoms with Crippen LogP contribution in [-0.2, 0) is 32.6 Å². The van der Waals surface area contributed by atoms with Crippen molar-refractivity contribution in [3.8, 4) is 0 Å². The fraction of sp³-hybridized carbons (Fsp3) is 0.333. The van der Waals surface area contributed by atoms with Gasteiger partial charge in [-0.2, -0.15) is 0 Å². The molecule has 0 aromatic heterocycles. The summed E-state index contributed by atoms with van der Waals surface area (Å²) in [7, 11) is -3.94. The number of halogens is 2. The number of carbonyl (C=O) groups excluding carboxylic acids is 2. The van der Waals surface area contributed by atoms with E-state index in [1.807, 2.05) is 60.7 Å². The Bertz CT molecular complexity index is 1420. The standard InChI is InChI=1S/C30H33Cl2N3O4S/c1-40(38,39)35(27-19-24(31)16-17-26(27)32)21-29(36)34(20-23-12-6-3-7-13-23)28(18-22-10-4-2-5-11-22)30(37)33-25-14-8-9-15-25/h2-7,10-13,16-17,19,25,28H,8-9,14-15,18,20-21H2,1H3,(H,33,37)/t28-/m1/s1. The van der Waals surface area contributed by atoms with Gasteiger partial charge in [0.15, 0.2) is 0 Å². The maximum atomic E-state index is 14.1. The highest BCUT2D eigenvalue weighted by molar-refractivity contribution is 7.92. The highest BCUT2D eigenvalue weighted by atomic mass is 35.5. The fourth-order valence-corrected chi connectivity index (χ4v) is 6.26. The summed E-state index contributed by atoms with van der Waals surface area (Å²) in [4.78, 5) is 29.4. The highest BCUT2D eigenvalue weighted by Gasteiger charge is 2.34. The normalized spacial score (nSPS) is 14.5. The molecule has 1 N–H and O–H groups in total. The number of carbonyl (C=O) groups is 2. The molecule has 0 heterocycles. The SMILES string of the molecule is CS(=O)(=O)N(CC(=O)N(Cc1ccccc1)[C@H](Cc1ccccc1)C(=O)NC1CCCC1)c1cc(Cl)ccc1Cl. The number of nitrogens with one attached hydrogen (secondary N) is 1. The van der Waals surface area contributed by atoms with Crippen molar-refractivity contribution in [3.05, 3.63) is 100 Å². The Kier molecular flexibility index (Phi) is 10.1. The Balaban J connectivity index is 1.73. The Hall–Kier alpha value is -3.07. The van der Waals surface area contributed by atoms with Gasteiger partial charge in [0.05, 0.1) is 17.0 Å². The smallest absolute Gasteiger partial charge is 0.244 e. The van der Waals surface area contributed by atoms with Crippen molar-refractivity contribution in [2.24, 2.45) is 0 Å². The van der Waals surface area contributed by atoms with Crippen LogP contribution in [0.25, 0.3) is 0 Å². The minimum absolute atomic E-state index is 0.0530. The fourth-order valence-electron chi connectivity index (χ4n) is 4.97. The summed E-state index contributed by atoms with van der Waals surface area (Å²) in [5, 5.41) is 3.56. The maximum absolute atomic E-state index is 14.1. The van der Waals surface area contributed by atoms with Crippen LogP contribution in [0.3, 0.4) is 0 Å². The molecule has 7 nitrogen and oxygen atoms in total. The van der Waals surface area contributed by atoms with Gasteiger partial charge in [-0.05, 0) is 42.2 Å². The monoisotopic (exact) mass is 601 g/mol. The van der Waals surface area contributed by atoms with Crippen LogP contribution in [0.5, 0.6) is 0 Å². The number of hydrogen-bond acceptors (Lipinski definition) is 4. The molecule has 0 unspecified atom stereocenters. The first-order valence-electron chi connectivity index (χ1n) is 13.2. The van der Waals surface area contributed by atoms with Gasteiger partial charge in [0.1, 0.15) is 12.6 Å². The van der Waals surface area contributed by atoms with E-state index in [0.29, 0.717) is 0 Å². The second kappa shape index (κ2) is 13.5. The Morgan fingerprint density at radius 2 is 1.52 bits per heavy atom. The van der Waals surface area contributed by atoms with E-state index in [1.54, 1.807) is 6.07 Å². The molecule has 0 bridgehead atoms. The number of nitrogens with zero attached hydrogens (tertiary/aromatic N) is 2. The van der Waals surface area contributed by atoms with Crippen molar-refractivity contribution in [1.82, 2.24) is 10.2 Å². The quantitative estimate of drug-likeness (QED) is 0.316. The van der Waals surface area contributed by atoms with Crippen LogP contribution >= 0.6 is 23.2 Å². The number of amides is 2. The summed E-state index contributed by atoms with van der Waals surface area (Å²) in [5.74, 6) is -0.792. The van der Waals surface area contributed by atoms with Gasteiger partial charge in [-0.15, -0.1) is 0 Å². The van der Waals surface area contributed by atoms with Crippen molar-refractivity contribution in [2.75, 3.05) is 17.1 Å². The molecule has 212 valence electrons. The lowest BCUT2D eigenvalue weighted by Crippen LogP contribution is -2.54. The summed E-state index contributed by atoms with van der Waals surface area (Å²) < 4.78 is 26.8. The third kappa shape index (κ3) is 7.99. The van der Waals surface area contributed by atoms with Crippen LogP contribution < -0.4 is 9.62 Å². The topological polar surface area (TPSA) is 86.8 Å². The summed E-state index contributed by atoms with van der Waals surface area (Å²) >= 11 is 12.5. The van der Waals surface area contributed by atoms with E-state index in [0.717, 1.165) is 47.4 Å². The van der Waals surface area contributed by atoms with Crippen LogP contribution in [0.15, 0.2) is 78.9 Å². The molecule has 0 saturated heterocycles. The van der Waals surface area contributed by atoms with Crippen LogP contribution in [-0.4, -0.2) is 50.0 Å². The molecular weight excluding hydrogens is 569 g/mol. The zero-order valence-corrected chi connectivity index (χ0v) is 24.6. The molecule has 40 heavy (non-hydrogen) atoms. The maximum Gasteiger partial charge on any atom is 0.244 e. The van der Waals surface area contributed by atoms with Gasteiger partial charge in [0, 0.05) is 24.0 Å². The van der Waals surface area contributed by atoms with Crippen LogP contribution in [0.1, 0.15) is 36.8 Å². The van der Waals surface area contributed by atoms with Crippen LogP contribution in [0.4, 0.5) is 5.69 Å². The summed E-state index contributed by atoms with van der Waals surface area (Å²) in [6.07, 6.45) is 5.16. The van der Waals surface area contributed by atoms with Gasteiger partial charge in [-0.1, -0.05) is 96.7 Å². The molecule has 3 aromatic carbocycles. The number of hydrogen-bond donors (Lipinski definition) is 1. The van der Waals surface area contributed by atoms with E-state index in [4.69, 9.17) is 23.2 Å². The third-order valence-corrected chi connectivity index (χ3v) is 8.71. The lowest BCUT2D eigenvalue weighted by atomic mass is 10.0. The predicted molar refractivity (Wildman–Crippen MR) is 160 cm³/mol. The number of sulfonamides is 1. The lowest BCUT2D eigenvalue weighted by Gasteiger charge is -2.34. The van der Waals surface area contributed by atoms with Crippen molar-refractivity contribution in [1.29, 1.82) is 0 Å². The molecule has 0 aliphatic heterocycles. The Morgan fingerprint density at radius 1 is 0.925 bits per heavy atom. The number of benzene rings is 3. The van der Waals surface area contributed by atoms with Gasteiger partial charge in [-0.25, -0.2) is 8.42 Å². The Labute approximate surface area is 246 Å². The zero-order chi connectivity index (χ0) is 28.7. The van der Waals surface area contributed by atoms with Crippen molar-refractivity contribution in [2.45, 2.75) is 50.7 Å². The first-order chi connectivity index (χ1) is 19.1. The highest BCUT2D eigenvalue weighted by Crippen LogP contribution is 2.31. The molecule has 2 amide bonds. The largest absolute Gasteiger partial charge is 0.352 e. The summed E-state index contributed by atoms with van der Waals surface area (Å²) in [6, 6.07) is 22.4. The minimum Gasteiger partial charge on any atom is -0.352 e. The molecular formula is C30H33Cl2N3O4S.